The molecule has 3 heteroatoms. The van der Waals surface area contributed by atoms with Crippen molar-refractivity contribution in [3.05, 3.63) is 65.0 Å². The molecule has 0 radical (unpaired) electrons. The molecule has 2 aromatic rings. The van der Waals surface area contributed by atoms with Gasteiger partial charge in [-0.2, -0.15) is 0 Å². The van der Waals surface area contributed by atoms with Crippen molar-refractivity contribution >= 4 is 0 Å². The zero-order chi connectivity index (χ0) is 19.8. The molecule has 1 saturated heterocycles. The Bertz CT molecular complexity index is 814. The van der Waals surface area contributed by atoms with Gasteiger partial charge in [-0.15, -0.1) is 0 Å². The fraction of sp³-hybridized carbons (Fsp3) is 0.560. The Labute approximate surface area is 170 Å². The second-order valence-electron chi connectivity index (χ2n) is 9.29. The van der Waals surface area contributed by atoms with Gasteiger partial charge in [0.2, 0.25) is 0 Å². The number of rotatable bonds is 5. The molecule has 2 atom stereocenters. The summed E-state index contributed by atoms with van der Waals surface area (Å²) >= 11 is 0. The van der Waals surface area contributed by atoms with E-state index in [1.165, 1.54) is 29.5 Å². The lowest BCUT2D eigenvalue weighted by atomic mass is 9.61. The van der Waals surface area contributed by atoms with Gasteiger partial charge in [-0.25, -0.2) is 0 Å². The third-order valence-electron chi connectivity index (χ3n) is 7.32. The molecule has 2 aliphatic rings. The van der Waals surface area contributed by atoms with Crippen LogP contribution < -0.4 is 0 Å². The van der Waals surface area contributed by atoms with Crippen LogP contribution in [0.5, 0.6) is 0 Å². The predicted octanol–water partition coefficient (Wildman–Crippen LogP) is 4.77. The van der Waals surface area contributed by atoms with Gasteiger partial charge in [0.25, 0.3) is 0 Å². The third kappa shape index (κ3) is 3.51. The molecule has 150 valence electrons. The zero-order valence-electron chi connectivity index (χ0n) is 17.9. The Balaban J connectivity index is 1.61. The average Bonchev–Trinajstić information content (AvgIpc) is 2.70. The number of hydrogen-bond donors (Lipinski definition) is 0. The van der Waals surface area contributed by atoms with Crippen molar-refractivity contribution in [1.29, 1.82) is 0 Å². The summed E-state index contributed by atoms with van der Waals surface area (Å²) in [6.45, 7) is 12.8. The fourth-order valence-electron chi connectivity index (χ4n) is 5.27. The summed E-state index contributed by atoms with van der Waals surface area (Å²) < 4.78 is 6.04. The molecule has 0 saturated carbocycles. The van der Waals surface area contributed by atoms with Gasteiger partial charge in [-0.3, -0.25) is 9.88 Å². The van der Waals surface area contributed by atoms with E-state index in [1.54, 1.807) is 0 Å². The molecule has 1 fully saturated rings. The molecule has 28 heavy (non-hydrogen) atoms. The van der Waals surface area contributed by atoms with Crippen molar-refractivity contribution in [2.24, 2.45) is 11.3 Å². The number of pyridine rings is 1. The van der Waals surface area contributed by atoms with E-state index in [9.17, 15) is 0 Å². The SMILES string of the molecule is CCOCC12CCN(C(C)(C)c3ccc(C)nc3)CC1Cc1ccccc1C2. The smallest absolute Gasteiger partial charge is 0.0529 e. The van der Waals surface area contributed by atoms with Crippen molar-refractivity contribution in [3.63, 3.8) is 0 Å². The van der Waals surface area contributed by atoms with Gasteiger partial charge in [0.05, 0.1) is 6.61 Å². The number of piperidine rings is 1. The van der Waals surface area contributed by atoms with Crippen LogP contribution in [0.1, 0.15) is 49.6 Å². The Kier molecular flexibility index (Phi) is 5.32. The van der Waals surface area contributed by atoms with Gasteiger partial charge in [0, 0.05) is 36.0 Å². The molecule has 2 unspecified atom stereocenters. The number of aromatic nitrogens is 1. The number of hydrogen-bond acceptors (Lipinski definition) is 3. The molecule has 0 bridgehead atoms. The molecule has 3 nitrogen and oxygen atoms in total. The standard InChI is InChI=1S/C25H34N2O/c1-5-28-18-25-12-13-27(24(3,4)22-11-10-19(2)26-16-22)17-23(25)14-20-8-6-7-9-21(20)15-25/h6-11,16,23H,5,12-15,17-18H2,1-4H3. The van der Waals surface area contributed by atoms with Crippen LogP contribution in [0.3, 0.4) is 0 Å². The first kappa shape index (κ1) is 19.6. The Morgan fingerprint density at radius 3 is 2.68 bits per heavy atom. The molecular weight excluding hydrogens is 344 g/mol. The third-order valence-corrected chi connectivity index (χ3v) is 7.32. The first-order chi connectivity index (χ1) is 13.4. The van der Waals surface area contributed by atoms with E-state index in [0.29, 0.717) is 5.92 Å². The lowest BCUT2D eigenvalue weighted by Crippen LogP contribution is -2.57. The van der Waals surface area contributed by atoms with E-state index in [1.807, 2.05) is 0 Å². The van der Waals surface area contributed by atoms with Crippen LogP contribution >= 0.6 is 0 Å². The van der Waals surface area contributed by atoms with Gasteiger partial charge in [-0.05, 0) is 82.2 Å². The van der Waals surface area contributed by atoms with Crippen molar-refractivity contribution < 1.29 is 4.74 Å². The Hall–Kier alpha value is -1.71. The van der Waals surface area contributed by atoms with Crippen LogP contribution in [0.4, 0.5) is 0 Å². The van der Waals surface area contributed by atoms with Crippen LogP contribution in [0, 0.1) is 18.3 Å². The maximum Gasteiger partial charge on any atom is 0.0529 e. The van der Waals surface area contributed by atoms with Crippen LogP contribution in [0.15, 0.2) is 42.6 Å². The molecule has 1 aliphatic heterocycles. The lowest BCUT2D eigenvalue weighted by Gasteiger charge is -2.54. The maximum absolute atomic E-state index is 6.04. The van der Waals surface area contributed by atoms with Gasteiger partial charge >= 0.3 is 0 Å². The highest BCUT2D eigenvalue weighted by molar-refractivity contribution is 5.33. The minimum Gasteiger partial charge on any atom is -0.381 e. The summed E-state index contributed by atoms with van der Waals surface area (Å²) in [7, 11) is 0. The Morgan fingerprint density at radius 2 is 1.96 bits per heavy atom. The molecule has 1 aromatic carbocycles. The van der Waals surface area contributed by atoms with Gasteiger partial charge in [-0.1, -0.05) is 30.3 Å². The van der Waals surface area contributed by atoms with E-state index < -0.39 is 0 Å². The second-order valence-corrected chi connectivity index (χ2v) is 9.29. The molecule has 1 aliphatic carbocycles. The lowest BCUT2D eigenvalue weighted by molar-refractivity contribution is -0.0684. The summed E-state index contributed by atoms with van der Waals surface area (Å²) in [5.74, 6) is 0.639. The van der Waals surface area contributed by atoms with Gasteiger partial charge < -0.3 is 4.74 Å². The van der Waals surface area contributed by atoms with Crippen molar-refractivity contribution in [2.45, 2.75) is 52.5 Å². The maximum atomic E-state index is 6.04. The van der Waals surface area contributed by atoms with Crippen LogP contribution in [0.2, 0.25) is 0 Å². The summed E-state index contributed by atoms with van der Waals surface area (Å²) in [5, 5.41) is 0. The summed E-state index contributed by atoms with van der Waals surface area (Å²) in [6.07, 6.45) is 5.60. The van der Waals surface area contributed by atoms with Crippen molar-refractivity contribution in [3.8, 4) is 0 Å². The van der Waals surface area contributed by atoms with Crippen LogP contribution in [-0.4, -0.2) is 36.2 Å². The number of aryl methyl sites for hydroxylation is 1. The number of nitrogens with zero attached hydrogens (tertiary/aromatic N) is 2. The molecular formula is C25H34N2O. The largest absolute Gasteiger partial charge is 0.381 e. The molecule has 0 spiro atoms. The minimum absolute atomic E-state index is 0.00453. The van der Waals surface area contributed by atoms with Crippen molar-refractivity contribution in [2.75, 3.05) is 26.3 Å². The van der Waals surface area contributed by atoms with Gasteiger partial charge in [0.15, 0.2) is 0 Å². The highest BCUT2D eigenvalue weighted by atomic mass is 16.5. The molecule has 1 aromatic heterocycles. The van der Waals surface area contributed by atoms with E-state index >= 15 is 0 Å². The number of fused-ring (bicyclic) bond motifs is 2. The average molecular weight is 379 g/mol. The predicted molar refractivity (Wildman–Crippen MR) is 114 cm³/mol. The van der Waals surface area contributed by atoms with Crippen molar-refractivity contribution in [1.82, 2.24) is 9.88 Å². The molecule has 0 N–H and O–H groups in total. The van der Waals surface area contributed by atoms with Gasteiger partial charge in [0.1, 0.15) is 0 Å². The van der Waals surface area contributed by atoms with E-state index in [2.05, 4.69) is 80.2 Å². The molecule has 0 amide bonds. The topological polar surface area (TPSA) is 25.4 Å². The normalized spacial score (nSPS) is 25.2. The monoisotopic (exact) mass is 378 g/mol. The highest BCUT2D eigenvalue weighted by Gasteiger charge is 2.48. The summed E-state index contributed by atoms with van der Waals surface area (Å²) in [5.41, 5.74) is 5.74. The quantitative estimate of drug-likeness (QED) is 0.749. The van der Waals surface area contributed by atoms with E-state index in [0.717, 1.165) is 38.4 Å². The van der Waals surface area contributed by atoms with E-state index in [-0.39, 0.29) is 11.0 Å². The van der Waals surface area contributed by atoms with E-state index in [4.69, 9.17) is 4.74 Å². The first-order valence-corrected chi connectivity index (χ1v) is 10.8. The summed E-state index contributed by atoms with van der Waals surface area (Å²) in [6, 6.07) is 13.4. The summed E-state index contributed by atoms with van der Waals surface area (Å²) in [4.78, 5) is 7.24. The second kappa shape index (κ2) is 7.61. The Morgan fingerprint density at radius 1 is 1.18 bits per heavy atom. The number of ether oxygens (including phenoxy) is 1. The van der Waals surface area contributed by atoms with Crippen LogP contribution in [0.25, 0.3) is 0 Å². The molecule has 2 heterocycles. The number of likely N-dealkylation sites (tertiary alicyclic amines) is 1. The molecule has 4 rings (SSSR count). The minimum atomic E-state index is -0.00453. The zero-order valence-corrected chi connectivity index (χ0v) is 17.9. The number of benzene rings is 1. The van der Waals surface area contributed by atoms with Crippen LogP contribution in [-0.2, 0) is 23.1 Å². The fourth-order valence-corrected chi connectivity index (χ4v) is 5.27. The highest BCUT2D eigenvalue weighted by Crippen LogP contribution is 2.48. The first-order valence-electron chi connectivity index (χ1n) is 10.8.